The lowest BCUT2D eigenvalue weighted by atomic mass is 10.3. The fourth-order valence-corrected chi connectivity index (χ4v) is 1.88. The summed E-state index contributed by atoms with van der Waals surface area (Å²) >= 11 is 5.90. The highest BCUT2D eigenvalue weighted by molar-refractivity contribution is 6.28. The predicted molar refractivity (Wildman–Crippen MR) is 69.6 cm³/mol. The standard InChI is InChI=1S/C11H16ClN5/c1-3-8(2)13-10-14-9(12)15-11(16-10)17-6-4-5-7-17/h3,8H,1,4-7H2,2H3,(H,13,14,15,16). The van der Waals surface area contributed by atoms with Crippen molar-refractivity contribution >= 4 is 23.5 Å². The van der Waals surface area contributed by atoms with E-state index in [9.17, 15) is 0 Å². The Balaban J connectivity index is 2.19. The molecule has 5 nitrogen and oxygen atoms in total. The Hall–Kier alpha value is -1.36. The average molecular weight is 254 g/mol. The summed E-state index contributed by atoms with van der Waals surface area (Å²) in [6.45, 7) is 7.64. The van der Waals surface area contributed by atoms with Crippen LogP contribution in [0.25, 0.3) is 0 Å². The minimum absolute atomic E-state index is 0.0971. The molecule has 0 bridgehead atoms. The Bertz CT molecular complexity index is 403. The molecule has 92 valence electrons. The second kappa shape index (κ2) is 5.31. The van der Waals surface area contributed by atoms with E-state index < -0.39 is 0 Å². The first-order valence-electron chi connectivity index (χ1n) is 5.74. The second-order valence-electron chi connectivity index (χ2n) is 4.09. The van der Waals surface area contributed by atoms with Crippen LogP contribution in [0.1, 0.15) is 19.8 Å². The minimum Gasteiger partial charge on any atom is -0.348 e. The van der Waals surface area contributed by atoms with Gasteiger partial charge in [0.05, 0.1) is 0 Å². The molecule has 0 spiro atoms. The zero-order chi connectivity index (χ0) is 12.3. The average Bonchev–Trinajstić information content (AvgIpc) is 2.81. The third-order valence-electron chi connectivity index (χ3n) is 2.70. The molecule has 17 heavy (non-hydrogen) atoms. The number of anilines is 2. The van der Waals surface area contributed by atoms with Crippen molar-refractivity contribution < 1.29 is 0 Å². The first-order chi connectivity index (χ1) is 8.19. The summed E-state index contributed by atoms with van der Waals surface area (Å²) in [6.07, 6.45) is 4.14. The van der Waals surface area contributed by atoms with Gasteiger partial charge < -0.3 is 10.2 Å². The lowest BCUT2D eigenvalue weighted by molar-refractivity contribution is 0.867. The lowest BCUT2D eigenvalue weighted by Gasteiger charge is -2.16. The Morgan fingerprint density at radius 1 is 1.35 bits per heavy atom. The van der Waals surface area contributed by atoms with Crippen LogP contribution >= 0.6 is 11.6 Å². The quantitative estimate of drug-likeness (QED) is 0.833. The molecule has 1 unspecified atom stereocenters. The molecule has 0 amide bonds. The van der Waals surface area contributed by atoms with E-state index in [0.29, 0.717) is 11.9 Å². The Labute approximate surface area is 106 Å². The van der Waals surface area contributed by atoms with Crippen LogP contribution in [0.5, 0.6) is 0 Å². The molecule has 1 saturated heterocycles. The number of nitrogens with one attached hydrogen (secondary N) is 1. The molecule has 1 aliphatic heterocycles. The van der Waals surface area contributed by atoms with E-state index in [1.165, 1.54) is 12.8 Å². The maximum atomic E-state index is 5.90. The number of halogens is 1. The van der Waals surface area contributed by atoms with Crippen molar-refractivity contribution in [2.75, 3.05) is 23.3 Å². The summed E-state index contributed by atoms with van der Waals surface area (Å²) in [5.41, 5.74) is 0. The number of hydrogen-bond donors (Lipinski definition) is 1. The molecule has 6 heteroatoms. The summed E-state index contributed by atoms with van der Waals surface area (Å²) < 4.78 is 0. The third kappa shape index (κ3) is 3.06. The normalized spacial score (nSPS) is 16.9. The van der Waals surface area contributed by atoms with Crippen LogP contribution in [0.15, 0.2) is 12.7 Å². The van der Waals surface area contributed by atoms with E-state index in [1.54, 1.807) is 6.08 Å². The van der Waals surface area contributed by atoms with E-state index in [4.69, 9.17) is 11.6 Å². The van der Waals surface area contributed by atoms with Gasteiger partial charge in [-0.05, 0) is 31.4 Å². The van der Waals surface area contributed by atoms with Gasteiger partial charge in [-0.2, -0.15) is 15.0 Å². The molecule has 1 N–H and O–H groups in total. The van der Waals surface area contributed by atoms with Gasteiger partial charge in [-0.25, -0.2) is 0 Å². The topological polar surface area (TPSA) is 53.9 Å². The van der Waals surface area contributed by atoms with Gasteiger partial charge in [0.15, 0.2) is 0 Å². The molecule has 0 aromatic carbocycles. The highest BCUT2D eigenvalue weighted by Gasteiger charge is 2.17. The smallest absolute Gasteiger partial charge is 0.231 e. The Kier molecular flexibility index (Phi) is 3.78. The van der Waals surface area contributed by atoms with Crippen LogP contribution in [-0.4, -0.2) is 34.1 Å². The summed E-state index contributed by atoms with van der Waals surface area (Å²) in [6, 6.07) is 0.0971. The minimum atomic E-state index is 0.0971. The lowest BCUT2D eigenvalue weighted by Crippen LogP contribution is -2.22. The second-order valence-corrected chi connectivity index (χ2v) is 4.43. The predicted octanol–water partition coefficient (Wildman–Crippen LogP) is 2.11. The molecule has 1 fully saturated rings. The van der Waals surface area contributed by atoms with Gasteiger partial charge in [0.2, 0.25) is 17.2 Å². The Morgan fingerprint density at radius 3 is 2.71 bits per heavy atom. The zero-order valence-corrected chi connectivity index (χ0v) is 10.6. The van der Waals surface area contributed by atoms with Crippen LogP contribution < -0.4 is 10.2 Å². The van der Waals surface area contributed by atoms with Crippen molar-refractivity contribution in [1.82, 2.24) is 15.0 Å². The van der Waals surface area contributed by atoms with Crippen LogP contribution in [0, 0.1) is 0 Å². The number of hydrogen-bond acceptors (Lipinski definition) is 5. The fourth-order valence-electron chi connectivity index (χ4n) is 1.73. The van der Waals surface area contributed by atoms with E-state index in [0.717, 1.165) is 13.1 Å². The molecule has 2 rings (SSSR count). The van der Waals surface area contributed by atoms with Crippen molar-refractivity contribution in [2.45, 2.75) is 25.8 Å². The van der Waals surface area contributed by atoms with Crippen LogP contribution in [-0.2, 0) is 0 Å². The van der Waals surface area contributed by atoms with E-state index in [-0.39, 0.29) is 11.3 Å². The van der Waals surface area contributed by atoms with Gasteiger partial charge in [0.1, 0.15) is 0 Å². The van der Waals surface area contributed by atoms with Gasteiger partial charge in [-0.15, -0.1) is 6.58 Å². The molecule has 0 radical (unpaired) electrons. The molecule has 1 aliphatic rings. The largest absolute Gasteiger partial charge is 0.348 e. The fraction of sp³-hybridized carbons (Fsp3) is 0.545. The molecule has 0 aliphatic carbocycles. The SMILES string of the molecule is C=CC(C)Nc1nc(Cl)nc(N2CCCC2)n1. The van der Waals surface area contributed by atoms with Crippen molar-refractivity contribution in [3.63, 3.8) is 0 Å². The molecule has 1 aromatic heterocycles. The molecule has 2 heterocycles. The molecular weight excluding hydrogens is 238 g/mol. The number of rotatable bonds is 4. The summed E-state index contributed by atoms with van der Waals surface area (Å²) in [7, 11) is 0. The zero-order valence-electron chi connectivity index (χ0n) is 9.86. The van der Waals surface area contributed by atoms with Crippen molar-refractivity contribution in [1.29, 1.82) is 0 Å². The first kappa shape index (κ1) is 12.1. The maximum absolute atomic E-state index is 5.90. The maximum Gasteiger partial charge on any atom is 0.231 e. The van der Waals surface area contributed by atoms with Crippen LogP contribution in [0.2, 0.25) is 5.28 Å². The van der Waals surface area contributed by atoms with Crippen molar-refractivity contribution in [3.05, 3.63) is 17.9 Å². The molecule has 0 saturated carbocycles. The number of nitrogens with zero attached hydrogens (tertiary/aromatic N) is 4. The molecular formula is C11H16ClN5. The van der Waals surface area contributed by atoms with Crippen molar-refractivity contribution in [2.24, 2.45) is 0 Å². The summed E-state index contributed by atoms with van der Waals surface area (Å²) in [4.78, 5) is 14.7. The number of aromatic nitrogens is 3. The van der Waals surface area contributed by atoms with Crippen molar-refractivity contribution in [3.8, 4) is 0 Å². The molecule has 1 aromatic rings. The highest BCUT2D eigenvalue weighted by Crippen LogP contribution is 2.18. The van der Waals surface area contributed by atoms with E-state index >= 15 is 0 Å². The first-order valence-corrected chi connectivity index (χ1v) is 6.12. The van der Waals surface area contributed by atoms with E-state index in [1.807, 2.05) is 6.92 Å². The van der Waals surface area contributed by atoms with Gasteiger partial charge in [-0.3, -0.25) is 0 Å². The highest BCUT2D eigenvalue weighted by atomic mass is 35.5. The van der Waals surface area contributed by atoms with Gasteiger partial charge in [0.25, 0.3) is 0 Å². The van der Waals surface area contributed by atoms with Crippen LogP contribution in [0.3, 0.4) is 0 Å². The van der Waals surface area contributed by atoms with Gasteiger partial charge >= 0.3 is 0 Å². The van der Waals surface area contributed by atoms with Gasteiger partial charge in [-0.1, -0.05) is 6.08 Å². The summed E-state index contributed by atoms with van der Waals surface area (Å²) in [5, 5.41) is 3.33. The monoisotopic (exact) mass is 253 g/mol. The Morgan fingerprint density at radius 2 is 2.06 bits per heavy atom. The molecule has 1 atom stereocenters. The summed E-state index contributed by atoms with van der Waals surface area (Å²) in [5.74, 6) is 1.15. The third-order valence-corrected chi connectivity index (χ3v) is 2.86. The van der Waals surface area contributed by atoms with E-state index in [2.05, 4.69) is 31.7 Å². The van der Waals surface area contributed by atoms with Crippen LogP contribution in [0.4, 0.5) is 11.9 Å². The van der Waals surface area contributed by atoms with Gasteiger partial charge in [0, 0.05) is 19.1 Å².